The molecule has 1 saturated heterocycles. The molecule has 0 aliphatic carbocycles. The summed E-state index contributed by atoms with van der Waals surface area (Å²) in [6.45, 7) is 2.58. The second-order valence-corrected chi connectivity index (χ2v) is 6.04. The molecule has 0 saturated carbocycles. The molecule has 1 fully saturated rings. The van der Waals surface area contributed by atoms with E-state index in [9.17, 15) is 4.79 Å². The lowest BCUT2D eigenvalue weighted by Gasteiger charge is -2.21. The minimum Gasteiger partial charge on any atom is -0.381 e. The maximum Gasteiger partial charge on any atom is 0.224 e. The van der Waals surface area contributed by atoms with Gasteiger partial charge in [0.2, 0.25) is 5.91 Å². The summed E-state index contributed by atoms with van der Waals surface area (Å²) in [4.78, 5) is 12.0. The van der Waals surface area contributed by atoms with Crippen LogP contribution in [0, 0.1) is 5.92 Å². The van der Waals surface area contributed by atoms with E-state index in [0.29, 0.717) is 12.3 Å². The van der Waals surface area contributed by atoms with Gasteiger partial charge in [0.25, 0.3) is 0 Å². The lowest BCUT2D eigenvalue weighted by Crippen LogP contribution is -2.20. The molecule has 0 atom stereocenters. The zero-order chi connectivity index (χ0) is 15.9. The Kier molecular flexibility index (Phi) is 5.42. The number of amides is 1. The summed E-state index contributed by atoms with van der Waals surface area (Å²) in [5, 5.41) is 7.27. The van der Waals surface area contributed by atoms with E-state index in [-0.39, 0.29) is 5.91 Å². The minimum absolute atomic E-state index is 0.0273. The van der Waals surface area contributed by atoms with Gasteiger partial charge >= 0.3 is 0 Å². The standard InChI is InChI=1S/C18H23N3O2/c22-18(7-6-15-4-2-1-3-5-15)20-17-12-19-21(14-17)13-16-8-10-23-11-9-16/h1-5,12,14,16H,6-11,13H2,(H,20,22). The first kappa shape index (κ1) is 15.7. The molecule has 23 heavy (non-hydrogen) atoms. The molecule has 1 aromatic heterocycles. The van der Waals surface area contributed by atoms with Crippen molar-refractivity contribution in [3.8, 4) is 0 Å². The van der Waals surface area contributed by atoms with Crippen molar-refractivity contribution in [3.05, 3.63) is 48.3 Å². The number of carbonyl (C=O) groups excluding carboxylic acids is 1. The van der Waals surface area contributed by atoms with Gasteiger partial charge in [0.1, 0.15) is 0 Å². The third-order valence-corrected chi connectivity index (χ3v) is 4.19. The molecule has 0 unspecified atom stereocenters. The lowest BCUT2D eigenvalue weighted by molar-refractivity contribution is -0.116. The van der Waals surface area contributed by atoms with E-state index in [4.69, 9.17) is 4.74 Å². The molecular weight excluding hydrogens is 290 g/mol. The Morgan fingerprint density at radius 2 is 2.04 bits per heavy atom. The summed E-state index contributed by atoms with van der Waals surface area (Å²) in [7, 11) is 0. The molecule has 5 heteroatoms. The van der Waals surface area contributed by atoms with Crippen LogP contribution in [0.15, 0.2) is 42.7 Å². The van der Waals surface area contributed by atoms with Crippen LogP contribution in [0.5, 0.6) is 0 Å². The number of nitrogens with one attached hydrogen (secondary N) is 1. The maximum absolute atomic E-state index is 12.0. The molecule has 2 heterocycles. The third-order valence-electron chi connectivity index (χ3n) is 4.19. The third kappa shape index (κ3) is 4.93. The Labute approximate surface area is 136 Å². The van der Waals surface area contributed by atoms with E-state index >= 15 is 0 Å². The van der Waals surface area contributed by atoms with Gasteiger partial charge in [-0.3, -0.25) is 9.48 Å². The van der Waals surface area contributed by atoms with Gasteiger partial charge in [-0.1, -0.05) is 30.3 Å². The van der Waals surface area contributed by atoms with E-state index in [0.717, 1.165) is 44.7 Å². The second kappa shape index (κ2) is 7.92. The van der Waals surface area contributed by atoms with Crippen molar-refractivity contribution in [2.75, 3.05) is 18.5 Å². The molecule has 1 N–H and O–H groups in total. The molecule has 0 radical (unpaired) electrons. The highest BCUT2D eigenvalue weighted by molar-refractivity contribution is 5.90. The van der Waals surface area contributed by atoms with Crippen molar-refractivity contribution in [2.24, 2.45) is 5.92 Å². The fourth-order valence-corrected chi connectivity index (χ4v) is 2.85. The number of hydrogen-bond acceptors (Lipinski definition) is 3. The molecular formula is C18H23N3O2. The first-order valence-corrected chi connectivity index (χ1v) is 8.23. The summed E-state index contributed by atoms with van der Waals surface area (Å²) in [5.41, 5.74) is 1.95. The van der Waals surface area contributed by atoms with Gasteiger partial charge < -0.3 is 10.1 Å². The largest absolute Gasteiger partial charge is 0.381 e. The zero-order valence-corrected chi connectivity index (χ0v) is 13.3. The molecule has 1 amide bonds. The molecule has 3 rings (SSSR count). The number of benzene rings is 1. The van der Waals surface area contributed by atoms with Gasteiger partial charge in [-0.2, -0.15) is 5.10 Å². The monoisotopic (exact) mass is 313 g/mol. The van der Waals surface area contributed by atoms with E-state index in [2.05, 4.69) is 10.4 Å². The SMILES string of the molecule is O=C(CCc1ccccc1)Nc1cnn(CC2CCOCC2)c1. The maximum atomic E-state index is 12.0. The summed E-state index contributed by atoms with van der Waals surface area (Å²) < 4.78 is 7.29. The number of anilines is 1. The second-order valence-electron chi connectivity index (χ2n) is 6.04. The van der Waals surface area contributed by atoms with Gasteiger partial charge in [-0.15, -0.1) is 0 Å². The topological polar surface area (TPSA) is 56.2 Å². The highest BCUT2D eigenvalue weighted by Crippen LogP contribution is 2.17. The van der Waals surface area contributed by atoms with Crippen molar-refractivity contribution in [3.63, 3.8) is 0 Å². The van der Waals surface area contributed by atoms with Gasteiger partial charge in [0.05, 0.1) is 11.9 Å². The molecule has 1 aliphatic rings. The van der Waals surface area contributed by atoms with Crippen molar-refractivity contribution in [1.82, 2.24) is 9.78 Å². The number of aryl methyl sites for hydroxylation is 1. The molecule has 2 aromatic rings. The van der Waals surface area contributed by atoms with Gasteiger partial charge in [0.15, 0.2) is 0 Å². The number of nitrogens with zero attached hydrogens (tertiary/aromatic N) is 2. The average Bonchev–Trinajstić information content (AvgIpc) is 3.02. The number of ether oxygens (including phenoxy) is 1. The quantitative estimate of drug-likeness (QED) is 0.892. The van der Waals surface area contributed by atoms with E-state index in [1.807, 2.05) is 41.2 Å². The van der Waals surface area contributed by atoms with Crippen molar-refractivity contribution in [1.29, 1.82) is 0 Å². The first-order chi connectivity index (χ1) is 11.3. The van der Waals surface area contributed by atoms with Crippen LogP contribution in [-0.2, 0) is 22.5 Å². The van der Waals surface area contributed by atoms with Crippen LogP contribution in [0.3, 0.4) is 0 Å². The van der Waals surface area contributed by atoms with E-state index < -0.39 is 0 Å². The first-order valence-electron chi connectivity index (χ1n) is 8.23. The number of carbonyl (C=O) groups is 1. The summed E-state index contributed by atoms with van der Waals surface area (Å²) in [5.74, 6) is 0.643. The van der Waals surface area contributed by atoms with Crippen LogP contribution in [0.2, 0.25) is 0 Å². The highest BCUT2D eigenvalue weighted by atomic mass is 16.5. The minimum atomic E-state index is 0.0273. The molecule has 122 valence electrons. The molecule has 0 bridgehead atoms. The fraction of sp³-hybridized carbons (Fsp3) is 0.444. The summed E-state index contributed by atoms with van der Waals surface area (Å²) in [6, 6.07) is 10.1. The number of rotatable bonds is 6. The molecule has 1 aromatic carbocycles. The zero-order valence-electron chi connectivity index (χ0n) is 13.3. The molecule has 0 spiro atoms. The normalized spacial score (nSPS) is 15.5. The highest BCUT2D eigenvalue weighted by Gasteiger charge is 2.15. The lowest BCUT2D eigenvalue weighted by atomic mass is 10.0. The van der Waals surface area contributed by atoms with Crippen LogP contribution in [0.25, 0.3) is 0 Å². The van der Waals surface area contributed by atoms with Crippen LogP contribution < -0.4 is 5.32 Å². The molecule has 1 aliphatic heterocycles. The predicted octanol–water partition coefficient (Wildman–Crippen LogP) is 2.88. The van der Waals surface area contributed by atoms with Gasteiger partial charge in [-0.25, -0.2) is 0 Å². The molecule has 5 nitrogen and oxygen atoms in total. The Morgan fingerprint density at radius 3 is 2.83 bits per heavy atom. The number of hydrogen-bond donors (Lipinski definition) is 1. The summed E-state index contributed by atoms with van der Waals surface area (Å²) >= 11 is 0. The Morgan fingerprint density at radius 1 is 1.26 bits per heavy atom. The Hall–Kier alpha value is -2.14. The average molecular weight is 313 g/mol. The number of aromatic nitrogens is 2. The van der Waals surface area contributed by atoms with Gasteiger partial charge in [0, 0.05) is 32.4 Å². The predicted molar refractivity (Wildman–Crippen MR) is 89.2 cm³/mol. The smallest absolute Gasteiger partial charge is 0.224 e. The van der Waals surface area contributed by atoms with E-state index in [1.165, 1.54) is 5.56 Å². The Balaban J connectivity index is 1.45. The summed E-state index contributed by atoms with van der Waals surface area (Å²) in [6.07, 6.45) is 7.03. The van der Waals surface area contributed by atoms with Crippen LogP contribution in [0.4, 0.5) is 5.69 Å². The van der Waals surface area contributed by atoms with Crippen LogP contribution in [0.1, 0.15) is 24.8 Å². The van der Waals surface area contributed by atoms with Crippen molar-refractivity contribution in [2.45, 2.75) is 32.2 Å². The van der Waals surface area contributed by atoms with Crippen molar-refractivity contribution < 1.29 is 9.53 Å². The Bertz CT molecular complexity index is 618. The van der Waals surface area contributed by atoms with Gasteiger partial charge in [-0.05, 0) is 30.7 Å². The van der Waals surface area contributed by atoms with Crippen LogP contribution in [-0.4, -0.2) is 28.9 Å². The van der Waals surface area contributed by atoms with Crippen molar-refractivity contribution >= 4 is 11.6 Å². The van der Waals surface area contributed by atoms with Crippen LogP contribution >= 0.6 is 0 Å². The van der Waals surface area contributed by atoms with E-state index in [1.54, 1.807) is 6.20 Å². The fourth-order valence-electron chi connectivity index (χ4n) is 2.85.